The molecule has 0 saturated carbocycles. The van der Waals surface area contributed by atoms with Crippen molar-refractivity contribution >= 4 is 64.0 Å². The van der Waals surface area contributed by atoms with Gasteiger partial charge in [0.15, 0.2) is 12.0 Å². The molecule has 0 amide bonds. The first kappa shape index (κ1) is 29.7. The summed E-state index contributed by atoms with van der Waals surface area (Å²) in [6, 6.07) is -0.678. The molecule has 28 heavy (non-hydrogen) atoms. The first-order valence-corrected chi connectivity index (χ1v) is 8.71. The Kier molecular flexibility index (Phi) is 11.7. The van der Waals surface area contributed by atoms with E-state index >= 15 is 0 Å². The van der Waals surface area contributed by atoms with Crippen LogP contribution in [0.5, 0.6) is 5.88 Å². The van der Waals surface area contributed by atoms with Crippen LogP contribution in [-0.2, 0) is 60.1 Å². The molecule has 159 valence electrons. The topological polar surface area (TPSA) is 244 Å². The summed E-state index contributed by atoms with van der Waals surface area (Å²) in [6.45, 7) is -0.597. The van der Waals surface area contributed by atoms with Crippen molar-refractivity contribution in [1.29, 1.82) is 0 Å². The minimum Gasteiger partial charge on any atom is -0.857 e. The Hall–Kier alpha value is -0.512. The second kappa shape index (κ2) is 11.0. The maximum atomic E-state index is 11.9. The summed E-state index contributed by atoms with van der Waals surface area (Å²) in [4.78, 5) is 28.9. The van der Waals surface area contributed by atoms with Gasteiger partial charge in [0, 0.05) is 5.88 Å². The molecule has 13 nitrogen and oxygen atoms in total. The van der Waals surface area contributed by atoms with Gasteiger partial charge in [0.1, 0.15) is 0 Å². The Morgan fingerprint density at radius 1 is 1.21 bits per heavy atom. The van der Waals surface area contributed by atoms with Crippen molar-refractivity contribution in [1.82, 2.24) is 9.97 Å². The fourth-order valence-electron chi connectivity index (χ4n) is 2.28. The van der Waals surface area contributed by atoms with Gasteiger partial charge in [0.2, 0.25) is 5.95 Å². The molecule has 3 rings (SSSR count). The molecule has 2 aliphatic heterocycles. The molecule has 0 aliphatic carbocycles. The molecule has 1 radical (unpaired) electrons. The largest absolute Gasteiger partial charge is 3.00 e. The number of fused-ring (bicyclic) bond motifs is 2. The summed E-state index contributed by atoms with van der Waals surface area (Å²) in [6.07, 6.45) is -1.84. The van der Waals surface area contributed by atoms with E-state index in [2.05, 4.69) is 25.1 Å². The number of nitrogens with two attached hydrogens (primary N) is 1. The molecule has 3 heterocycles. The molecule has 0 unspecified atom stereocenters. The Balaban J connectivity index is 0. The molecule has 1 aromatic rings. The summed E-state index contributed by atoms with van der Waals surface area (Å²) in [5.74, 6) is -0.734. The molecule has 0 bridgehead atoms. The maximum absolute atomic E-state index is 11.9. The number of nitrogens with zero attached hydrogens (tertiary/aromatic N) is 2. The van der Waals surface area contributed by atoms with E-state index < -0.39 is 38.7 Å². The van der Waals surface area contributed by atoms with Crippen LogP contribution in [0.25, 0.3) is 0 Å². The number of rotatable bonds is 3. The van der Waals surface area contributed by atoms with Crippen molar-refractivity contribution in [2.75, 3.05) is 23.0 Å². The van der Waals surface area contributed by atoms with E-state index in [1.165, 1.54) is 0 Å². The minimum absolute atomic E-state index is 0. The van der Waals surface area contributed by atoms with Crippen molar-refractivity contribution in [3.63, 3.8) is 0 Å². The van der Waals surface area contributed by atoms with Gasteiger partial charge in [-0.15, -0.1) is 0 Å². The molecule has 0 aromatic carbocycles. The van der Waals surface area contributed by atoms with Gasteiger partial charge in [-0.1, -0.05) is 0 Å². The van der Waals surface area contributed by atoms with Gasteiger partial charge >= 0.3 is 21.1 Å². The van der Waals surface area contributed by atoms with Crippen LogP contribution in [0.1, 0.15) is 0 Å². The number of phosphoric acid groups is 1. The Bertz CT molecular complexity index is 771. The minimum atomic E-state index is -5.18. The van der Waals surface area contributed by atoms with Crippen LogP contribution in [-0.4, -0.2) is 45.9 Å². The SMILES string of the molecule is Nc1nc([O-])c2c(n1)N[C@@H]1O[C@H](COP(=O)([O-])[O-])C([S-])=C([S-])[C@@H]1N2.O.O.S.[Mo+3]. The molecule has 18 heteroatoms. The third-order valence-electron chi connectivity index (χ3n) is 3.29. The fraction of sp³-hybridized carbons (Fsp3) is 0.400. The number of hydrogen-bond donors (Lipinski definition) is 3. The zero-order valence-corrected chi connectivity index (χ0v) is 19.1. The van der Waals surface area contributed by atoms with E-state index in [-0.39, 0.29) is 72.8 Å². The molecule has 3 atom stereocenters. The molecule has 0 fully saturated rings. The molecule has 0 spiro atoms. The van der Waals surface area contributed by atoms with Crippen LogP contribution < -0.4 is 31.3 Å². The van der Waals surface area contributed by atoms with Crippen molar-refractivity contribution in [2.24, 2.45) is 0 Å². The number of phosphoric ester groups is 1. The van der Waals surface area contributed by atoms with Crippen LogP contribution in [0, 0.1) is 0 Å². The van der Waals surface area contributed by atoms with Gasteiger partial charge in [-0.05, 0) is 0 Å². The van der Waals surface area contributed by atoms with Gasteiger partial charge in [-0.2, -0.15) is 28.3 Å². The summed E-state index contributed by atoms with van der Waals surface area (Å²) in [7, 11) is -5.18. The van der Waals surface area contributed by atoms with Crippen LogP contribution in [0.4, 0.5) is 17.5 Å². The van der Waals surface area contributed by atoms with Crippen molar-refractivity contribution in [3.8, 4) is 5.88 Å². The van der Waals surface area contributed by atoms with Gasteiger partial charge in [-0.25, -0.2) is 4.98 Å². The maximum Gasteiger partial charge on any atom is 3.00 e. The number of nitrogens with one attached hydrogen (secondary N) is 2. The molecule has 2 aliphatic rings. The zero-order valence-electron chi connectivity index (χ0n) is 13.5. The van der Waals surface area contributed by atoms with Crippen LogP contribution in [0.15, 0.2) is 9.81 Å². The van der Waals surface area contributed by atoms with Crippen molar-refractivity contribution in [2.45, 2.75) is 18.4 Å². The third-order valence-corrected chi connectivity index (χ3v) is 4.84. The predicted octanol–water partition coefficient (Wildman–Crippen LogP) is -4.33. The summed E-state index contributed by atoms with van der Waals surface area (Å²) in [5.41, 5.74) is 5.49. The van der Waals surface area contributed by atoms with E-state index in [4.69, 9.17) is 35.7 Å². The second-order valence-electron chi connectivity index (χ2n) is 4.89. The number of aromatic nitrogens is 2. The smallest absolute Gasteiger partial charge is 0.857 e. The Morgan fingerprint density at radius 2 is 1.82 bits per heavy atom. The standard InChI is InChI=1S/C10H14N5O6PS2.Mo.2H2O.H2S/c11-10-14-7-4(8(16)15-10)12-3-6(24)5(23)2(21-9(3)13-7)1-20-22(17,18)19;;;;/h2-3,9,12,23-24H,1H2,(H2,17,18,19)(H4,11,13,14,15,16);;3*1H2/q;+3;;;/p-5/t2-,3+,9-;;;;/m1..../s1. The van der Waals surface area contributed by atoms with Gasteiger partial charge < -0.3 is 81.3 Å². The van der Waals surface area contributed by atoms with Crippen LogP contribution in [0.2, 0.25) is 0 Å². The predicted molar refractivity (Wildman–Crippen MR) is 98.5 cm³/mol. The average Bonchev–Trinajstić information content (AvgIpc) is 2.47. The number of hydrogen-bond acceptors (Lipinski definition) is 13. The number of nitrogen functional groups attached to an aromatic ring is 1. The summed E-state index contributed by atoms with van der Waals surface area (Å²) < 4.78 is 20.4. The Labute approximate surface area is 191 Å². The molecule has 8 N–H and O–H groups in total. The number of anilines is 3. The zero-order chi connectivity index (χ0) is 17.6. The van der Waals surface area contributed by atoms with Crippen molar-refractivity contribution in [3.05, 3.63) is 9.81 Å². The molecule has 1 aromatic heterocycles. The monoisotopic (exact) mass is 558 g/mol. The molecule has 0 saturated heterocycles. The summed E-state index contributed by atoms with van der Waals surface area (Å²) >= 11 is 10.4. The molecular formula is C10H15MoN5O8PS3-2. The van der Waals surface area contributed by atoms with E-state index in [0.29, 0.717) is 0 Å². The first-order chi connectivity index (χ1) is 11.2. The number of ether oxygens (including phenoxy) is 1. The van der Waals surface area contributed by atoms with Gasteiger partial charge in [0.25, 0.3) is 0 Å². The van der Waals surface area contributed by atoms with Crippen LogP contribution >= 0.6 is 21.3 Å². The Morgan fingerprint density at radius 3 is 2.39 bits per heavy atom. The van der Waals surface area contributed by atoms with Crippen LogP contribution in [0.3, 0.4) is 0 Å². The quantitative estimate of drug-likeness (QED) is 0.181. The van der Waals surface area contributed by atoms with Crippen molar-refractivity contribution < 1.29 is 60.7 Å². The average molecular weight is 556 g/mol. The second-order valence-corrected chi connectivity index (χ2v) is 6.93. The van der Waals surface area contributed by atoms with Gasteiger partial charge in [-0.3, -0.25) is 0 Å². The van der Waals surface area contributed by atoms with E-state index in [1.807, 2.05) is 0 Å². The summed E-state index contributed by atoms with van der Waals surface area (Å²) in [5, 5.41) is 17.5. The molecular weight excluding hydrogens is 541 g/mol. The normalized spacial score (nSPS) is 22.4. The van der Waals surface area contributed by atoms with E-state index in [1.54, 1.807) is 0 Å². The first-order valence-electron chi connectivity index (χ1n) is 6.43. The van der Waals surface area contributed by atoms with E-state index in [9.17, 15) is 19.5 Å². The van der Waals surface area contributed by atoms with E-state index in [0.717, 1.165) is 0 Å². The van der Waals surface area contributed by atoms with Gasteiger partial charge in [0.05, 0.1) is 32.3 Å². The fourth-order valence-corrected chi connectivity index (χ4v) is 3.16. The third kappa shape index (κ3) is 6.24.